The molecule has 2 aromatic carbocycles. The monoisotopic (exact) mass is 371 g/mol. The summed E-state index contributed by atoms with van der Waals surface area (Å²) in [4.78, 5) is 31.0. The molecule has 0 atom stereocenters. The molecule has 140 valence electrons. The maximum absolute atomic E-state index is 12.8. The van der Waals surface area contributed by atoms with E-state index in [1.54, 1.807) is 36.7 Å². The number of aromatic nitrogens is 1. The highest BCUT2D eigenvalue weighted by atomic mass is 16.2. The molecule has 0 unspecified atom stereocenters. The zero-order valence-electron chi connectivity index (χ0n) is 15.5. The highest BCUT2D eigenvalue weighted by molar-refractivity contribution is 5.97. The fraction of sp³-hybridized carbons (Fsp3) is 0.174. The molecule has 1 aromatic heterocycles. The standard InChI is InChI=1S/C23H21N3O2/c27-22(25-15-17-4-3-12-24-14-17)19-7-9-20(10-8-19)23(28)26-13-11-18-5-1-2-6-21(18)16-26/h1-10,12,14H,11,13,15-16H2,(H,25,27). The summed E-state index contributed by atoms with van der Waals surface area (Å²) < 4.78 is 0. The fourth-order valence-corrected chi connectivity index (χ4v) is 3.40. The van der Waals surface area contributed by atoms with Crippen molar-refractivity contribution in [2.24, 2.45) is 0 Å². The Labute approximate surface area is 164 Å². The summed E-state index contributed by atoms with van der Waals surface area (Å²) in [7, 11) is 0. The molecule has 0 spiro atoms. The molecule has 0 fully saturated rings. The zero-order chi connectivity index (χ0) is 19.3. The third-order valence-electron chi connectivity index (χ3n) is 4.99. The van der Waals surface area contributed by atoms with E-state index in [1.807, 2.05) is 29.2 Å². The van der Waals surface area contributed by atoms with Gasteiger partial charge in [-0.05, 0) is 53.4 Å². The molecule has 5 heteroatoms. The summed E-state index contributed by atoms with van der Waals surface area (Å²) >= 11 is 0. The molecule has 0 saturated heterocycles. The predicted octanol–water partition coefficient (Wildman–Crippen LogP) is 3.21. The summed E-state index contributed by atoms with van der Waals surface area (Å²) in [5.41, 5.74) is 4.58. The molecule has 0 bridgehead atoms. The first-order valence-corrected chi connectivity index (χ1v) is 9.34. The number of rotatable bonds is 4. The van der Waals surface area contributed by atoms with Gasteiger partial charge in [0, 0.05) is 43.2 Å². The Bertz CT molecular complexity index is 984. The van der Waals surface area contributed by atoms with Gasteiger partial charge in [0.2, 0.25) is 0 Å². The van der Waals surface area contributed by atoms with Gasteiger partial charge in [-0.2, -0.15) is 0 Å². The van der Waals surface area contributed by atoms with E-state index in [0.29, 0.717) is 30.8 Å². The van der Waals surface area contributed by atoms with Gasteiger partial charge in [-0.1, -0.05) is 30.3 Å². The van der Waals surface area contributed by atoms with Gasteiger partial charge in [0.15, 0.2) is 0 Å². The van der Waals surface area contributed by atoms with Gasteiger partial charge < -0.3 is 10.2 Å². The van der Waals surface area contributed by atoms with Crippen LogP contribution < -0.4 is 5.32 Å². The van der Waals surface area contributed by atoms with Gasteiger partial charge >= 0.3 is 0 Å². The molecule has 0 saturated carbocycles. The third-order valence-corrected chi connectivity index (χ3v) is 4.99. The van der Waals surface area contributed by atoms with Gasteiger partial charge in [-0.3, -0.25) is 14.6 Å². The summed E-state index contributed by atoms with van der Waals surface area (Å²) in [6, 6.07) is 18.8. The van der Waals surface area contributed by atoms with Crippen LogP contribution >= 0.6 is 0 Å². The number of pyridine rings is 1. The van der Waals surface area contributed by atoms with Crippen LogP contribution in [-0.4, -0.2) is 28.2 Å². The Hall–Kier alpha value is -3.47. The van der Waals surface area contributed by atoms with Crippen LogP contribution in [0.15, 0.2) is 73.1 Å². The molecule has 4 rings (SSSR count). The lowest BCUT2D eigenvalue weighted by Gasteiger charge is -2.29. The van der Waals surface area contributed by atoms with Crippen LogP contribution in [0, 0.1) is 0 Å². The maximum atomic E-state index is 12.8. The van der Waals surface area contributed by atoms with Gasteiger partial charge in [0.25, 0.3) is 11.8 Å². The number of benzene rings is 2. The van der Waals surface area contributed by atoms with E-state index in [0.717, 1.165) is 12.0 Å². The van der Waals surface area contributed by atoms with Gasteiger partial charge in [0.05, 0.1) is 0 Å². The molecular weight excluding hydrogens is 350 g/mol. The van der Waals surface area contributed by atoms with E-state index in [4.69, 9.17) is 0 Å². The van der Waals surface area contributed by atoms with Crippen LogP contribution in [0.4, 0.5) is 0 Å². The van der Waals surface area contributed by atoms with Crippen LogP contribution in [0.2, 0.25) is 0 Å². The van der Waals surface area contributed by atoms with Gasteiger partial charge in [0.1, 0.15) is 0 Å². The highest BCUT2D eigenvalue weighted by Gasteiger charge is 2.21. The van der Waals surface area contributed by atoms with Crippen molar-refractivity contribution in [3.05, 3.63) is 101 Å². The number of carbonyl (C=O) groups is 2. The smallest absolute Gasteiger partial charge is 0.254 e. The largest absolute Gasteiger partial charge is 0.348 e. The van der Waals surface area contributed by atoms with E-state index in [1.165, 1.54) is 11.1 Å². The summed E-state index contributed by atoms with van der Waals surface area (Å²) in [5, 5.41) is 2.86. The van der Waals surface area contributed by atoms with Crippen LogP contribution in [0.1, 0.15) is 37.4 Å². The first-order chi connectivity index (χ1) is 13.7. The first-order valence-electron chi connectivity index (χ1n) is 9.34. The Balaban J connectivity index is 1.39. The van der Waals surface area contributed by atoms with Crippen molar-refractivity contribution in [2.45, 2.75) is 19.5 Å². The molecule has 1 aliphatic rings. The number of amides is 2. The highest BCUT2D eigenvalue weighted by Crippen LogP contribution is 2.20. The lowest BCUT2D eigenvalue weighted by atomic mass is 9.99. The van der Waals surface area contributed by atoms with Crippen LogP contribution in [0.25, 0.3) is 0 Å². The van der Waals surface area contributed by atoms with E-state index in [2.05, 4.69) is 22.4 Å². The van der Waals surface area contributed by atoms with Crippen LogP contribution in [0.3, 0.4) is 0 Å². The second-order valence-electron chi connectivity index (χ2n) is 6.87. The Morgan fingerprint density at radius 1 is 0.929 bits per heavy atom. The van der Waals surface area contributed by atoms with E-state index < -0.39 is 0 Å². The molecule has 3 aromatic rings. The topological polar surface area (TPSA) is 62.3 Å². The molecule has 1 N–H and O–H groups in total. The predicted molar refractivity (Wildman–Crippen MR) is 107 cm³/mol. The number of hydrogen-bond acceptors (Lipinski definition) is 3. The third kappa shape index (κ3) is 3.93. The molecule has 2 heterocycles. The van der Waals surface area contributed by atoms with Crippen molar-refractivity contribution >= 4 is 11.8 Å². The minimum absolute atomic E-state index is 0.00294. The zero-order valence-corrected chi connectivity index (χ0v) is 15.5. The Kier molecular flexibility index (Phi) is 5.15. The lowest BCUT2D eigenvalue weighted by molar-refractivity contribution is 0.0734. The van der Waals surface area contributed by atoms with Gasteiger partial charge in [-0.25, -0.2) is 0 Å². The summed E-state index contributed by atoms with van der Waals surface area (Å²) in [6.45, 7) is 1.76. The normalized spacial score (nSPS) is 12.9. The fourth-order valence-electron chi connectivity index (χ4n) is 3.40. The van der Waals surface area contributed by atoms with Crippen molar-refractivity contribution < 1.29 is 9.59 Å². The van der Waals surface area contributed by atoms with Crippen LogP contribution in [-0.2, 0) is 19.5 Å². The Morgan fingerprint density at radius 2 is 1.68 bits per heavy atom. The number of hydrogen-bond donors (Lipinski definition) is 1. The second-order valence-corrected chi connectivity index (χ2v) is 6.87. The molecule has 28 heavy (non-hydrogen) atoms. The van der Waals surface area contributed by atoms with Crippen molar-refractivity contribution in [1.29, 1.82) is 0 Å². The quantitative estimate of drug-likeness (QED) is 0.766. The van der Waals surface area contributed by atoms with Crippen molar-refractivity contribution in [3.63, 3.8) is 0 Å². The molecule has 1 aliphatic heterocycles. The van der Waals surface area contributed by atoms with Gasteiger partial charge in [-0.15, -0.1) is 0 Å². The molecule has 2 amide bonds. The first kappa shape index (κ1) is 17.9. The average molecular weight is 371 g/mol. The number of carbonyl (C=O) groups excluding carboxylic acids is 2. The lowest BCUT2D eigenvalue weighted by Crippen LogP contribution is -2.35. The second kappa shape index (κ2) is 8.05. The van der Waals surface area contributed by atoms with E-state index >= 15 is 0 Å². The minimum atomic E-state index is -0.172. The molecule has 0 aliphatic carbocycles. The average Bonchev–Trinajstić information content (AvgIpc) is 2.77. The number of nitrogens with zero attached hydrogens (tertiary/aromatic N) is 2. The molecular formula is C23H21N3O2. The van der Waals surface area contributed by atoms with E-state index in [-0.39, 0.29) is 11.8 Å². The number of nitrogens with one attached hydrogen (secondary N) is 1. The maximum Gasteiger partial charge on any atom is 0.254 e. The van der Waals surface area contributed by atoms with Crippen molar-refractivity contribution in [3.8, 4) is 0 Å². The van der Waals surface area contributed by atoms with E-state index in [9.17, 15) is 9.59 Å². The molecule has 5 nitrogen and oxygen atoms in total. The SMILES string of the molecule is O=C(NCc1cccnc1)c1ccc(C(=O)N2CCc3ccccc3C2)cc1. The molecule has 0 radical (unpaired) electrons. The summed E-state index contributed by atoms with van der Waals surface area (Å²) in [5.74, 6) is -0.174. The number of fused-ring (bicyclic) bond motifs is 1. The minimum Gasteiger partial charge on any atom is -0.348 e. The van der Waals surface area contributed by atoms with Crippen molar-refractivity contribution in [2.75, 3.05) is 6.54 Å². The summed E-state index contributed by atoms with van der Waals surface area (Å²) in [6.07, 6.45) is 4.29. The van der Waals surface area contributed by atoms with Crippen molar-refractivity contribution in [1.82, 2.24) is 15.2 Å². The Morgan fingerprint density at radius 3 is 2.43 bits per heavy atom. The van der Waals surface area contributed by atoms with Crippen LogP contribution in [0.5, 0.6) is 0 Å².